The lowest BCUT2D eigenvalue weighted by Crippen LogP contribution is -2.17. The van der Waals surface area contributed by atoms with E-state index in [1.165, 1.54) is 57.8 Å². The van der Waals surface area contributed by atoms with Crippen LogP contribution in [-0.4, -0.2) is 19.0 Å². The minimum Gasteiger partial charge on any atom is -0.378 e. The minimum absolute atomic E-state index is 0.559. The van der Waals surface area contributed by atoms with E-state index in [0.717, 1.165) is 25.7 Å². The van der Waals surface area contributed by atoms with Crippen LogP contribution in [0.4, 0.5) is 0 Å². The fourth-order valence-corrected chi connectivity index (χ4v) is 2.34. The summed E-state index contributed by atoms with van der Waals surface area (Å²) in [6.07, 6.45) is 14.9. The highest BCUT2D eigenvalue weighted by atomic mass is 16.5. The molecule has 0 N–H and O–H groups in total. The van der Waals surface area contributed by atoms with Crippen LogP contribution in [0.3, 0.4) is 0 Å². The second-order valence-corrected chi connectivity index (χ2v) is 4.85. The Bertz CT molecular complexity index is 162. The molecule has 0 amide bonds. The molecule has 0 atom stereocenters. The summed E-state index contributed by atoms with van der Waals surface area (Å²) in [6, 6.07) is 0. The number of rotatable bonds is 9. The van der Waals surface area contributed by atoms with Gasteiger partial charge in [0.05, 0.1) is 6.10 Å². The van der Waals surface area contributed by atoms with Crippen LogP contribution >= 0.6 is 0 Å². The summed E-state index contributed by atoms with van der Waals surface area (Å²) in [5.41, 5.74) is 0. The second kappa shape index (κ2) is 9.83. The number of ether oxygens (including phenoxy) is 1. The lowest BCUT2D eigenvalue weighted by atomic mass is 9.98. The Balaban J connectivity index is 1.78. The molecule has 0 aromatic carbocycles. The maximum absolute atomic E-state index is 10.1. The first-order chi connectivity index (χ1) is 7.93. The van der Waals surface area contributed by atoms with E-state index in [9.17, 15) is 4.79 Å². The minimum atomic E-state index is 0.559. The maximum atomic E-state index is 10.1. The van der Waals surface area contributed by atoms with Crippen LogP contribution in [-0.2, 0) is 9.53 Å². The Morgan fingerprint density at radius 2 is 1.62 bits per heavy atom. The molecule has 0 radical (unpaired) electrons. The van der Waals surface area contributed by atoms with Gasteiger partial charge in [-0.2, -0.15) is 0 Å². The smallest absolute Gasteiger partial charge is 0.119 e. The molecule has 0 aliphatic heterocycles. The van der Waals surface area contributed by atoms with Crippen molar-refractivity contribution in [1.82, 2.24) is 0 Å². The predicted octanol–water partition coefficient (Wildman–Crippen LogP) is 3.88. The topological polar surface area (TPSA) is 26.3 Å². The molecule has 2 heteroatoms. The molecule has 0 saturated heterocycles. The normalized spacial score (nSPS) is 17.5. The molecule has 0 heterocycles. The molecule has 94 valence electrons. The molecule has 0 unspecified atom stereocenters. The van der Waals surface area contributed by atoms with E-state index >= 15 is 0 Å². The van der Waals surface area contributed by atoms with Gasteiger partial charge in [0, 0.05) is 13.0 Å². The zero-order chi connectivity index (χ0) is 11.5. The van der Waals surface area contributed by atoms with Crippen molar-refractivity contribution in [2.75, 3.05) is 6.61 Å². The molecule has 0 spiro atoms. The highest BCUT2D eigenvalue weighted by molar-refractivity contribution is 5.48. The molecule has 1 aliphatic rings. The van der Waals surface area contributed by atoms with Gasteiger partial charge < -0.3 is 9.53 Å². The van der Waals surface area contributed by atoms with Gasteiger partial charge in [-0.25, -0.2) is 0 Å². The maximum Gasteiger partial charge on any atom is 0.119 e. The van der Waals surface area contributed by atoms with Crippen LogP contribution in [0, 0.1) is 0 Å². The highest BCUT2D eigenvalue weighted by Gasteiger charge is 2.12. The van der Waals surface area contributed by atoms with E-state index in [-0.39, 0.29) is 0 Å². The summed E-state index contributed by atoms with van der Waals surface area (Å²) >= 11 is 0. The molecule has 0 aromatic heterocycles. The van der Waals surface area contributed by atoms with Crippen molar-refractivity contribution in [1.29, 1.82) is 0 Å². The van der Waals surface area contributed by atoms with Crippen molar-refractivity contribution in [2.24, 2.45) is 0 Å². The summed E-state index contributed by atoms with van der Waals surface area (Å²) < 4.78 is 5.85. The van der Waals surface area contributed by atoms with Gasteiger partial charge in [0.25, 0.3) is 0 Å². The van der Waals surface area contributed by atoms with Gasteiger partial charge in [0.15, 0.2) is 0 Å². The summed E-state index contributed by atoms with van der Waals surface area (Å²) in [4.78, 5) is 10.1. The van der Waals surface area contributed by atoms with Crippen molar-refractivity contribution in [3.8, 4) is 0 Å². The van der Waals surface area contributed by atoms with Crippen molar-refractivity contribution < 1.29 is 9.53 Å². The molecule has 0 bridgehead atoms. The Kier molecular flexibility index (Phi) is 8.41. The fraction of sp³-hybridized carbons (Fsp3) is 0.929. The van der Waals surface area contributed by atoms with Crippen LogP contribution < -0.4 is 0 Å². The van der Waals surface area contributed by atoms with E-state index < -0.39 is 0 Å². The van der Waals surface area contributed by atoms with Gasteiger partial charge in [-0.1, -0.05) is 38.5 Å². The average molecular weight is 226 g/mol. The molecule has 1 aliphatic carbocycles. The van der Waals surface area contributed by atoms with Gasteiger partial charge in [0.2, 0.25) is 0 Å². The molecule has 1 saturated carbocycles. The number of unbranched alkanes of at least 4 members (excludes halogenated alkanes) is 5. The molecule has 2 nitrogen and oxygen atoms in total. The number of hydrogen-bond acceptors (Lipinski definition) is 2. The van der Waals surface area contributed by atoms with E-state index in [1.807, 2.05) is 0 Å². The number of carbonyl (C=O) groups excluding carboxylic acids is 1. The average Bonchev–Trinajstić information content (AvgIpc) is 2.34. The third-order valence-corrected chi connectivity index (χ3v) is 3.37. The molecule has 0 aromatic rings. The van der Waals surface area contributed by atoms with Gasteiger partial charge in [0.1, 0.15) is 6.29 Å². The number of aldehydes is 1. The fourth-order valence-electron chi connectivity index (χ4n) is 2.34. The lowest BCUT2D eigenvalue weighted by molar-refractivity contribution is -0.107. The van der Waals surface area contributed by atoms with E-state index in [0.29, 0.717) is 6.10 Å². The van der Waals surface area contributed by atoms with Gasteiger partial charge in [-0.15, -0.1) is 0 Å². The predicted molar refractivity (Wildman–Crippen MR) is 66.6 cm³/mol. The van der Waals surface area contributed by atoms with Gasteiger partial charge >= 0.3 is 0 Å². The van der Waals surface area contributed by atoms with Crippen molar-refractivity contribution in [2.45, 2.75) is 76.7 Å². The van der Waals surface area contributed by atoms with Gasteiger partial charge in [-0.05, 0) is 25.7 Å². The Labute approximate surface area is 99.8 Å². The summed E-state index contributed by atoms with van der Waals surface area (Å²) in [7, 11) is 0. The first kappa shape index (κ1) is 13.7. The van der Waals surface area contributed by atoms with Crippen LogP contribution in [0.1, 0.15) is 70.6 Å². The van der Waals surface area contributed by atoms with Crippen molar-refractivity contribution >= 4 is 6.29 Å². The molecule has 1 rings (SSSR count). The second-order valence-electron chi connectivity index (χ2n) is 4.85. The third kappa shape index (κ3) is 7.00. The molecule has 16 heavy (non-hydrogen) atoms. The molecule has 1 fully saturated rings. The largest absolute Gasteiger partial charge is 0.378 e. The molecular weight excluding hydrogens is 200 g/mol. The third-order valence-electron chi connectivity index (χ3n) is 3.37. The Morgan fingerprint density at radius 1 is 0.938 bits per heavy atom. The Morgan fingerprint density at radius 3 is 2.38 bits per heavy atom. The summed E-state index contributed by atoms with van der Waals surface area (Å²) in [5, 5.41) is 0. The number of carbonyl (C=O) groups is 1. The van der Waals surface area contributed by atoms with Crippen LogP contribution in [0.2, 0.25) is 0 Å². The SMILES string of the molecule is O=CCCCCCCCOC1CCCCC1. The van der Waals surface area contributed by atoms with Crippen LogP contribution in [0.5, 0.6) is 0 Å². The highest BCUT2D eigenvalue weighted by Crippen LogP contribution is 2.20. The monoisotopic (exact) mass is 226 g/mol. The first-order valence-electron chi connectivity index (χ1n) is 6.98. The van der Waals surface area contributed by atoms with Crippen molar-refractivity contribution in [3.63, 3.8) is 0 Å². The lowest BCUT2D eigenvalue weighted by Gasteiger charge is -2.21. The van der Waals surface area contributed by atoms with Crippen molar-refractivity contribution in [3.05, 3.63) is 0 Å². The van der Waals surface area contributed by atoms with Crippen LogP contribution in [0.25, 0.3) is 0 Å². The first-order valence-corrected chi connectivity index (χ1v) is 6.98. The summed E-state index contributed by atoms with van der Waals surface area (Å²) in [5.74, 6) is 0. The quantitative estimate of drug-likeness (QED) is 0.440. The van der Waals surface area contributed by atoms with E-state index in [2.05, 4.69) is 0 Å². The standard InChI is InChI=1S/C14H26O2/c15-12-8-3-1-2-4-9-13-16-14-10-6-5-7-11-14/h12,14H,1-11,13H2. The van der Waals surface area contributed by atoms with E-state index in [1.54, 1.807) is 0 Å². The zero-order valence-electron chi connectivity index (χ0n) is 10.5. The van der Waals surface area contributed by atoms with Gasteiger partial charge in [-0.3, -0.25) is 0 Å². The molecular formula is C14H26O2. The van der Waals surface area contributed by atoms with Crippen LogP contribution in [0.15, 0.2) is 0 Å². The van der Waals surface area contributed by atoms with E-state index in [4.69, 9.17) is 4.74 Å². The summed E-state index contributed by atoms with van der Waals surface area (Å²) in [6.45, 7) is 0.943. The zero-order valence-corrected chi connectivity index (χ0v) is 10.5. The number of hydrogen-bond donors (Lipinski definition) is 0. The Hall–Kier alpha value is -0.370.